The Morgan fingerprint density at radius 2 is 2.26 bits per heavy atom. The molecule has 0 atom stereocenters. The molecular weight excluding hydrogens is 274 g/mol. The van der Waals surface area contributed by atoms with Crippen LogP contribution in [0.15, 0.2) is 22.8 Å². The van der Waals surface area contributed by atoms with Gasteiger partial charge in [-0.15, -0.1) is 0 Å². The van der Waals surface area contributed by atoms with E-state index in [1.165, 1.54) is 19.2 Å². The molecular formula is C10H10ClN5O3. The van der Waals surface area contributed by atoms with Crippen molar-refractivity contribution in [3.05, 3.63) is 28.9 Å². The predicted molar refractivity (Wildman–Crippen MR) is 67.8 cm³/mol. The molecule has 100 valence electrons. The van der Waals surface area contributed by atoms with Crippen LogP contribution in [0, 0.1) is 5.41 Å². The molecule has 2 aromatic rings. The molecule has 0 aliphatic heterocycles. The maximum Gasteiger partial charge on any atom is 0.199 e. The third-order valence-corrected chi connectivity index (χ3v) is 2.63. The fraction of sp³-hybridized carbons (Fsp3) is 0.100. The summed E-state index contributed by atoms with van der Waals surface area (Å²) >= 11 is 5.93. The smallest absolute Gasteiger partial charge is 0.199 e. The van der Waals surface area contributed by atoms with E-state index < -0.39 is 0 Å². The number of rotatable bonds is 3. The normalized spacial score (nSPS) is 10.3. The molecule has 19 heavy (non-hydrogen) atoms. The molecule has 8 nitrogen and oxygen atoms in total. The summed E-state index contributed by atoms with van der Waals surface area (Å²) < 4.78 is 9.35. The molecule has 0 aliphatic rings. The quantitative estimate of drug-likeness (QED) is 0.443. The molecule has 0 unspecified atom stereocenters. The van der Waals surface area contributed by atoms with Crippen LogP contribution in [-0.4, -0.2) is 28.5 Å². The third-order valence-electron chi connectivity index (χ3n) is 2.33. The molecule has 0 saturated carbocycles. The van der Waals surface area contributed by atoms with Gasteiger partial charge in [0.1, 0.15) is 5.75 Å². The van der Waals surface area contributed by atoms with Crippen LogP contribution in [0.5, 0.6) is 5.75 Å². The molecule has 1 aromatic carbocycles. The van der Waals surface area contributed by atoms with E-state index in [0.29, 0.717) is 10.8 Å². The average Bonchev–Trinajstić information content (AvgIpc) is 2.83. The highest BCUT2D eigenvalue weighted by atomic mass is 35.5. The first kappa shape index (κ1) is 13.1. The van der Waals surface area contributed by atoms with Crippen molar-refractivity contribution in [2.75, 3.05) is 17.9 Å². The van der Waals surface area contributed by atoms with Crippen molar-refractivity contribution >= 4 is 28.9 Å². The summed E-state index contributed by atoms with van der Waals surface area (Å²) in [7, 11) is 1.47. The number of nitrogens with one attached hydrogen (secondary N) is 1. The Hall–Kier alpha value is -2.32. The molecule has 9 heteroatoms. The van der Waals surface area contributed by atoms with Gasteiger partial charge in [-0.25, -0.2) is 9.69 Å². The molecule has 0 saturated heterocycles. The van der Waals surface area contributed by atoms with Gasteiger partial charge in [-0.3, -0.25) is 10.6 Å². The minimum atomic E-state index is -0.389. The van der Waals surface area contributed by atoms with Gasteiger partial charge in [-0.05, 0) is 28.5 Å². The summed E-state index contributed by atoms with van der Waals surface area (Å²) in [6, 6.07) is 4.50. The van der Waals surface area contributed by atoms with E-state index in [0.717, 1.165) is 0 Å². The van der Waals surface area contributed by atoms with Crippen LogP contribution in [0.25, 0.3) is 0 Å². The van der Waals surface area contributed by atoms with Gasteiger partial charge < -0.3 is 10.5 Å². The fourth-order valence-corrected chi connectivity index (χ4v) is 1.63. The number of nitrogens with zero attached hydrogens (tertiary/aromatic N) is 3. The van der Waals surface area contributed by atoms with Crippen molar-refractivity contribution in [2.24, 2.45) is 0 Å². The van der Waals surface area contributed by atoms with Crippen LogP contribution < -0.4 is 15.5 Å². The summed E-state index contributed by atoms with van der Waals surface area (Å²) in [6.45, 7) is 0. The zero-order chi connectivity index (χ0) is 14.0. The van der Waals surface area contributed by atoms with Gasteiger partial charge in [0.25, 0.3) is 0 Å². The number of halogens is 1. The summed E-state index contributed by atoms with van der Waals surface area (Å²) in [5.41, 5.74) is 5.61. The summed E-state index contributed by atoms with van der Waals surface area (Å²) in [5.74, 6) is -0.0309. The Balaban J connectivity index is 2.29. The molecule has 2 rings (SSSR count). The topological polar surface area (TPSA) is 121 Å². The Kier molecular flexibility index (Phi) is 3.54. The van der Waals surface area contributed by atoms with Crippen molar-refractivity contribution < 1.29 is 14.6 Å². The minimum absolute atomic E-state index is 0.0746. The molecule has 4 N–H and O–H groups in total. The Labute approximate surface area is 112 Å². The highest BCUT2D eigenvalue weighted by Gasteiger charge is 2.20. The van der Waals surface area contributed by atoms with Crippen molar-refractivity contribution in [3.8, 4) is 5.75 Å². The Morgan fingerprint density at radius 3 is 2.79 bits per heavy atom. The van der Waals surface area contributed by atoms with Crippen LogP contribution in [0.4, 0.5) is 11.5 Å². The Bertz CT molecular complexity index is 615. The van der Waals surface area contributed by atoms with Gasteiger partial charge in [0, 0.05) is 0 Å². The SMILES string of the molecule is COc1ccc(N(O)C(=N)c2nonc2N)cc1Cl. The monoisotopic (exact) mass is 283 g/mol. The minimum Gasteiger partial charge on any atom is -0.495 e. The second-order valence-electron chi connectivity index (χ2n) is 3.48. The van der Waals surface area contributed by atoms with Gasteiger partial charge in [0.15, 0.2) is 17.3 Å². The zero-order valence-electron chi connectivity index (χ0n) is 9.79. The van der Waals surface area contributed by atoms with Crippen LogP contribution in [0.3, 0.4) is 0 Å². The van der Waals surface area contributed by atoms with Crippen LogP contribution in [-0.2, 0) is 0 Å². The third kappa shape index (κ3) is 2.44. The standard InChI is InChI=1S/C10H10ClN5O3/c1-18-7-3-2-5(4-6(7)11)16(17)10(13)8-9(12)15-19-14-8/h2-4,13,17H,1H3,(H2,12,15). The molecule has 0 amide bonds. The number of methoxy groups -OCH3 is 1. The van der Waals surface area contributed by atoms with E-state index >= 15 is 0 Å². The van der Waals surface area contributed by atoms with Crippen molar-refractivity contribution in [1.82, 2.24) is 10.3 Å². The number of benzene rings is 1. The summed E-state index contributed by atoms with van der Waals surface area (Å²) in [4.78, 5) is 0. The predicted octanol–water partition coefficient (Wildman–Crippen LogP) is 1.53. The maximum atomic E-state index is 9.92. The van der Waals surface area contributed by atoms with E-state index in [4.69, 9.17) is 27.5 Å². The van der Waals surface area contributed by atoms with Crippen LogP contribution >= 0.6 is 11.6 Å². The molecule has 0 fully saturated rings. The number of hydroxylamine groups is 1. The van der Waals surface area contributed by atoms with Crippen molar-refractivity contribution in [3.63, 3.8) is 0 Å². The lowest BCUT2D eigenvalue weighted by molar-refractivity contribution is 0.300. The molecule has 0 spiro atoms. The van der Waals surface area contributed by atoms with Gasteiger partial charge in [-0.1, -0.05) is 11.6 Å². The summed E-state index contributed by atoms with van der Waals surface area (Å²) in [5, 5.41) is 25.3. The molecule has 1 heterocycles. The number of aromatic nitrogens is 2. The number of amidine groups is 1. The lowest BCUT2D eigenvalue weighted by Crippen LogP contribution is -2.28. The fourth-order valence-electron chi connectivity index (χ4n) is 1.38. The number of hydrogen-bond acceptors (Lipinski definition) is 7. The van der Waals surface area contributed by atoms with Gasteiger partial charge in [-0.2, -0.15) is 0 Å². The van der Waals surface area contributed by atoms with E-state index in [1.807, 2.05) is 0 Å². The first-order chi connectivity index (χ1) is 9.04. The highest BCUT2D eigenvalue weighted by Crippen LogP contribution is 2.29. The van der Waals surface area contributed by atoms with Gasteiger partial charge >= 0.3 is 0 Å². The van der Waals surface area contributed by atoms with E-state index in [9.17, 15) is 5.21 Å². The Morgan fingerprint density at radius 1 is 1.53 bits per heavy atom. The number of hydrogen-bond donors (Lipinski definition) is 3. The van der Waals surface area contributed by atoms with Gasteiger partial charge in [0.05, 0.1) is 17.8 Å². The first-order valence-corrected chi connectivity index (χ1v) is 5.42. The van der Waals surface area contributed by atoms with E-state index in [2.05, 4.69) is 14.9 Å². The van der Waals surface area contributed by atoms with E-state index in [1.54, 1.807) is 6.07 Å². The number of nitrogens with two attached hydrogens (primary N) is 1. The maximum absolute atomic E-state index is 9.92. The van der Waals surface area contributed by atoms with Crippen molar-refractivity contribution in [2.45, 2.75) is 0 Å². The number of ether oxygens (including phenoxy) is 1. The first-order valence-electron chi connectivity index (χ1n) is 5.04. The lowest BCUT2D eigenvalue weighted by Gasteiger charge is -2.16. The summed E-state index contributed by atoms with van der Waals surface area (Å²) in [6.07, 6.45) is 0. The largest absolute Gasteiger partial charge is 0.495 e. The molecule has 0 aliphatic carbocycles. The lowest BCUT2D eigenvalue weighted by atomic mass is 10.2. The van der Waals surface area contributed by atoms with Gasteiger partial charge in [0.2, 0.25) is 0 Å². The van der Waals surface area contributed by atoms with Crippen LogP contribution in [0.1, 0.15) is 5.69 Å². The molecule has 0 bridgehead atoms. The number of nitrogen functional groups attached to an aromatic ring is 1. The van der Waals surface area contributed by atoms with Crippen molar-refractivity contribution in [1.29, 1.82) is 5.41 Å². The van der Waals surface area contributed by atoms with Crippen LogP contribution in [0.2, 0.25) is 5.02 Å². The number of anilines is 2. The second-order valence-corrected chi connectivity index (χ2v) is 3.88. The molecule has 1 aromatic heterocycles. The highest BCUT2D eigenvalue weighted by molar-refractivity contribution is 6.32. The molecule has 0 radical (unpaired) electrons. The second kappa shape index (κ2) is 5.12. The average molecular weight is 284 g/mol. The van der Waals surface area contributed by atoms with E-state index in [-0.39, 0.29) is 28.1 Å². The zero-order valence-corrected chi connectivity index (χ0v) is 10.5.